The van der Waals surface area contributed by atoms with Gasteiger partial charge in [-0.15, -0.1) is 0 Å². The van der Waals surface area contributed by atoms with Crippen molar-refractivity contribution in [3.8, 4) is 0 Å². The topological polar surface area (TPSA) is 83.5 Å². The molecule has 1 saturated carbocycles. The summed E-state index contributed by atoms with van der Waals surface area (Å²) in [4.78, 5) is 11.1. The second-order valence-corrected chi connectivity index (χ2v) is 8.28. The first kappa shape index (κ1) is 16.5. The Morgan fingerprint density at radius 1 is 1.43 bits per heavy atom. The molecular formula is C14H18BrNO4S. The van der Waals surface area contributed by atoms with Gasteiger partial charge in [-0.2, -0.15) is 0 Å². The highest BCUT2D eigenvalue weighted by Gasteiger charge is 2.39. The summed E-state index contributed by atoms with van der Waals surface area (Å²) in [5.41, 5.74) is 0.408. The van der Waals surface area contributed by atoms with Crippen LogP contribution in [0.4, 0.5) is 0 Å². The van der Waals surface area contributed by atoms with E-state index in [4.69, 9.17) is 5.11 Å². The Labute approximate surface area is 132 Å². The molecule has 116 valence electrons. The molecule has 0 bridgehead atoms. The summed E-state index contributed by atoms with van der Waals surface area (Å²) in [6.07, 6.45) is 2.46. The molecule has 1 aromatic rings. The lowest BCUT2D eigenvalue weighted by atomic mass is 9.67. The fourth-order valence-electron chi connectivity index (χ4n) is 2.53. The summed E-state index contributed by atoms with van der Waals surface area (Å²) < 4.78 is 28.0. The third-order valence-corrected chi connectivity index (χ3v) is 6.31. The molecular weight excluding hydrogens is 358 g/mol. The lowest BCUT2D eigenvalue weighted by molar-refractivity contribution is -0.141. The van der Waals surface area contributed by atoms with Crippen molar-refractivity contribution >= 4 is 31.9 Å². The van der Waals surface area contributed by atoms with Crippen molar-refractivity contribution in [3.05, 3.63) is 28.2 Å². The lowest BCUT2D eigenvalue weighted by Gasteiger charge is -2.40. The minimum atomic E-state index is -3.61. The highest BCUT2D eigenvalue weighted by Crippen LogP contribution is 2.43. The molecule has 2 rings (SSSR count). The van der Waals surface area contributed by atoms with Crippen LogP contribution in [-0.4, -0.2) is 26.0 Å². The van der Waals surface area contributed by atoms with E-state index in [2.05, 4.69) is 20.7 Å². The normalized spacial score (nSPS) is 17.2. The van der Waals surface area contributed by atoms with Crippen LogP contribution in [0.1, 0.15) is 31.2 Å². The fourth-order valence-corrected chi connectivity index (χ4v) is 4.02. The Balaban J connectivity index is 2.10. The van der Waals surface area contributed by atoms with Gasteiger partial charge in [0.25, 0.3) is 0 Å². The van der Waals surface area contributed by atoms with Gasteiger partial charge in [0.05, 0.1) is 11.3 Å². The average Bonchev–Trinajstić information content (AvgIpc) is 2.35. The molecule has 0 heterocycles. The Kier molecular flexibility index (Phi) is 4.75. The first-order chi connectivity index (χ1) is 9.74. The first-order valence-corrected chi connectivity index (χ1v) is 8.99. The molecule has 1 aromatic carbocycles. The summed E-state index contributed by atoms with van der Waals surface area (Å²) in [7, 11) is -3.61. The SMILES string of the molecule is Cc1cc(S(=O)(=O)NCC2(CC(=O)O)CCC2)ccc1Br. The predicted molar refractivity (Wildman–Crippen MR) is 82.6 cm³/mol. The quantitative estimate of drug-likeness (QED) is 0.800. The largest absolute Gasteiger partial charge is 0.481 e. The van der Waals surface area contributed by atoms with Gasteiger partial charge in [0.2, 0.25) is 10.0 Å². The Morgan fingerprint density at radius 2 is 2.10 bits per heavy atom. The van der Waals surface area contributed by atoms with Gasteiger partial charge < -0.3 is 5.11 Å². The molecule has 0 unspecified atom stereocenters. The summed E-state index contributed by atoms with van der Waals surface area (Å²) in [6.45, 7) is 2.00. The zero-order valence-electron chi connectivity index (χ0n) is 11.7. The number of carboxylic acid groups (broad SMARTS) is 1. The van der Waals surface area contributed by atoms with Crippen molar-refractivity contribution in [1.29, 1.82) is 0 Å². The van der Waals surface area contributed by atoms with Crippen LogP contribution in [0, 0.1) is 12.3 Å². The molecule has 21 heavy (non-hydrogen) atoms. The molecule has 7 heteroatoms. The Hall–Kier alpha value is -0.920. The highest BCUT2D eigenvalue weighted by atomic mass is 79.9. The van der Waals surface area contributed by atoms with Crippen LogP contribution >= 0.6 is 15.9 Å². The standard InChI is InChI=1S/C14H18BrNO4S/c1-10-7-11(3-4-12(10)15)21(19,20)16-9-14(5-2-6-14)8-13(17)18/h3-4,7,16H,2,5-6,8-9H2,1H3,(H,17,18). The molecule has 0 spiro atoms. The molecule has 5 nitrogen and oxygen atoms in total. The van der Waals surface area contributed by atoms with Crippen molar-refractivity contribution in [2.24, 2.45) is 5.41 Å². The van der Waals surface area contributed by atoms with Crippen LogP contribution in [0.3, 0.4) is 0 Å². The van der Waals surface area contributed by atoms with E-state index < -0.39 is 21.4 Å². The number of benzene rings is 1. The van der Waals surface area contributed by atoms with Crippen LogP contribution < -0.4 is 4.72 Å². The number of aryl methyl sites for hydroxylation is 1. The second kappa shape index (κ2) is 6.06. The molecule has 2 N–H and O–H groups in total. The third-order valence-electron chi connectivity index (χ3n) is 4.02. The monoisotopic (exact) mass is 375 g/mol. The van der Waals surface area contributed by atoms with E-state index >= 15 is 0 Å². The number of nitrogens with one attached hydrogen (secondary N) is 1. The van der Waals surface area contributed by atoms with Crippen molar-refractivity contribution in [2.75, 3.05) is 6.54 Å². The molecule has 0 amide bonds. The van der Waals surface area contributed by atoms with Crippen molar-refractivity contribution in [1.82, 2.24) is 4.72 Å². The smallest absolute Gasteiger partial charge is 0.303 e. The molecule has 1 aliphatic rings. The average molecular weight is 376 g/mol. The number of halogens is 1. The minimum Gasteiger partial charge on any atom is -0.481 e. The van der Waals surface area contributed by atoms with Gasteiger partial charge in [-0.25, -0.2) is 13.1 Å². The lowest BCUT2D eigenvalue weighted by Crippen LogP contribution is -2.43. The molecule has 0 saturated heterocycles. The maximum absolute atomic E-state index is 12.3. The van der Waals surface area contributed by atoms with Gasteiger partial charge >= 0.3 is 5.97 Å². The summed E-state index contributed by atoms with van der Waals surface area (Å²) >= 11 is 3.33. The zero-order valence-corrected chi connectivity index (χ0v) is 14.1. The number of hydrogen-bond donors (Lipinski definition) is 2. The molecule has 1 aliphatic carbocycles. The Bertz CT molecular complexity index is 653. The van der Waals surface area contributed by atoms with E-state index in [1.165, 1.54) is 6.07 Å². The van der Waals surface area contributed by atoms with Crippen LogP contribution in [0.15, 0.2) is 27.6 Å². The van der Waals surface area contributed by atoms with Crippen LogP contribution in [0.2, 0.25) is 0 Å². The number of rotatable bonds is 6. The van der Waals surface area contributed by atoms with E-state index in [0.717, 1.165) is 29.3 Å². The first-order valence-electron chi connectivity index (χ1n) is 6.72. The van der Waals surface area contributed by atoms with Crippen LogP contribution in [0.5, 0.6) is 0 Å². The number of carboxylic acids is 1. The maximum atomic E-state index is 12.3. The third kappa shape index (κ3) is 3.84. The fraction of sp³-hybridized carbons (Fsp3) is 0.500. The van der Waals surface area contributed by atoms with E-state index in [9.17, 15) is 13.2 Å². The van der Waals surface area contributed by atoms with Crippen LogP contribution in [0.25, 0.3) is 0 Å². The maximum Gasteiger partial charge on any atom is 0.303 e. The van der Waals surface area contributed by atoms with E-state index in [0.29, 0.717) is 0 Å². The number of hydrogen-bond acceptors (Lipinski definition) is 3. The predicted octanol–water partition coefficient (Wildman–Crippen LogP) is 2.68. The molecule has 0 atom stereocenters. The van der Waals surface area contributed by atoms with E-state index in [1.54, 1.807) is 12.1 Å². The second-order valence-electron chi connectivity index (χ2n) is 5.66. The van der Waals surface area contributed by atoms with Crippen molar-refractivity contribution in [3.63, 3.8) is 0 Å². The van der Waals surface area contributed by atoms with E-state index in [1.807, 2.05) is 6.92 Å². The van der Waals surface area contributed by atoms with Crippen molar-refractivity contribution in [2.45, 2.75) is 37.5 Å². The molecule has 1 fully saturated rings. The van der Waals surface area contributed by atoms with Crippen molar-refractivity contribution < 1.29 is 18.3 Å². The van der Waals surface area contributed by atoms with E-state index in [-0.39, 0.29) is 17.9 Å². The molecule has 0 radical (unpaired) electrons. The zero-order chi connectivity index (χ0) is 15.7. The molecule has 0 aromatic heterocycles. The number of aliphatic carboxylic acids is 1. The summed E-state index contributed by atoms with van der Waals surface area (Å²) in [6, 6.07) is 4.82. The Morgan fingerprint density at radius 3 is 2.57 bits per heavy atom. The highest BCUT2D eigenvalue weighted by molar-refractivity contribution is 9.10. The van der Waals surface area contributed by atoms with Gasteiger partial charge in [-0.05, 0) is 48.9 Å². The summed E-state index contributed by atoms with van der Waals surface area (Å²) in [5, 5.41) is 8.95. The number of carbonyl (C=O) groups is 1. The van der Waals surface area contributed by atoms with Gasteiger partial charge in [0, 0.05) is 11.0 Å². The number of sulfonamides is 1. The summed E-state index contributed by atoms with van der Waals surface area (Å²) in [5.74, 6) is -0.881. The van der Waals surface area contributed by atoms with Crippen LogP contribution in [-0.2, 0) is 14.8 Å². The van der Waals surface area contributed by atoms with Gasteiger partial charge in [0.1, 0.15) is 0 Å². The van der Waals surface area contributed by atoms with Gasteiger partial charge in [0.15, 0.2) is 0 Å². The van der Waals surface area contributed by atoms with Gasteiger partial charge in [-0.1, -0.05) is 22.4 Å². The minimum absolute atomic E-state index is 0.00882. The molecule has 0 aliphatic heterocycles. The van der Waals surface area contributed by atoms with Gasteiger partial charge in [-0.3, -0.25) is 4.79 Å².